The molecule has 0 saturated heterocycles. The number of aromatic nitrogens is 2. The average Bonchev–Trinajstić information content (AvgIpc) is 2.47. The Bertz CT molecular complexity index is 425. The summed E-state index contributed by atoms with van der Waals surface area (Å²) in [5.41, 5.74) is 1.02. The molecule has 0 aromatic carbocycles. The maximum atomic E-state index is 11.5. The van der Waals surface area contributed by atoms with Crippen molar-refractivity contribution in [2.45, 2.75) is 39.7 Å². The molecule has 1 aromatic rings. The quantitative estimate of drug-likeness (QED) is 0.795. The topological polar surface area (TPSA) is 49.8 Å². The van der Waals surface area contributed by atoms with Gasteiger partial charge >= 0.3 is 0 Å². The summed E-state index contributed by atoms with van der Waals surface area (Å²) in [5.74, 6) is -0.0105. The summed E-state index contributed by atoms with van der Waals surface area (Å²) in [5, 5.41) is 2.77. The predicted molar refractivity (Wildman–Crippen MR) is 67.0 cm³/mol. The van der Waals surface area contributed by atoms with E-state index in [1.54, 1.807) is 0 Å². The van der Waals surface area contributed by atoms with Gasteiger partial charge in [0, 0.05) is 23.9 Å². The van der Waals surface area contributed by atoms with E-state index >= 15 is 0 Å². The van der Waals surface area contributed by atoms with Crippen molar-refractivity contribution < 1.29 is 4.79 Å². The van der Waals surface area contributed by atoms with Crippen LogP contribution in [0.2, 0.25) is 0 Å². The molecular formula is C11H19N3OS. The molecule has 0 unspecified atom stereocenters. The van der Waals surface area contributed by atoms with Crippen molar-refractivity contribution in [2.24, 2.45) is 0 Å². The number of carbonyl (C=O) groups is 1. The maximum Gasteiger partial charge on any atom is 0.240 e. The molecule has 1 amide bonds. The predicted octanol–water partition coefficient (Wildman–Crippen LogP) is 1.98. The van der Waals surface area contributed by atoms with Crippen molar-refractivity contribution >= 4 is 18.1 Å². The third kappa shape index (κ3) is 2.95. The Labute approximate surface area is 101 Å². The van der Waals surface area contributed by atoms with E-state index in [4.69, 9.17) is 12.2 Å². The zero-order valence-corrected chi connectivity index (χ0v) is 11.1. The fourth-order valence-electron chi connectivity index (χ4n) is 1.57. The van der Waals surface area contributed by atoms with Gasteiger partial charge in [-0.25, -0.2) is 0 Å². The van der Waals surface area contributed by atoms with Gasteiger partial charge in [0.25, 0.3) is 0 Å². The van der Waals surface area contributed by atoms with Crippen LogP contribution in [0.4, 0.5) is 0 Å². The van der Waals surface area contributed by atoms with E-state index in [2.05, 4.69) is 31.1 Å². The monoisotopic (exact) mass is 241 g/mol. The van der Waals surface area contributed by atoms with Crippen LogP contribution in [0.25, 0.3) is 0 Å². The molecule has 4 nitrogen and oxygen atoms in total. The first-order valence-electron chi connectivity index (χ1n) is 5.41. The number of rotatable bonds is 3. The summed E-state index contributed by atoms with van der Waals surface area (Å²) in [6, 6.07) is 0. The lowest BCUT2D eigenvalue weighted by atomic mass is 9.92. The van der Waals surface area contributed by atoms with E-state index < -0.39 is 0 Å². The van der Waals surface area contributed by atoms with Gasteiger partial charge < -0.3 is 14.9 Å². The van der Waals surface area contributed by atoms with E-state index in [9.17, 15) is 4.79 Å². The lowest BCUT2D eigenvalue weighted by Crippen LogP contribution is -2.29. The second-order valence-electron chi connectivity index (χ2n) is 4.77. The standard InChI is InChI=1S/C11H19N3OS/c1-5-12-9(15)7-14-8(11(2,3)4)6-13-10(14)16/h6H,5,7H2,1-4H3,(H,12,15)(H,13,16). The second-order valence-corrected chi connectivity index (χ2v) is 5.16. The molecule has 0 fully saturated rings. The Balaban J connectivity index is 2.99. The lowest BCUT2D eigenvalue weighted by Gasteiger charge is -2.20. The Hall–Kier alpha value is -1.10. The van der Waals surface area contributed by atoms with Gasteiger partial charge in [0.1, 0.15) is 6.54 Å². The highest BCUT2D eigenvalue weighted by atomic mass is 32.1. The van der Waals surface area contributed by atoms with Gasteiger partial charge in [-0.2, -0.15) is 0 Å². The van der Waals surface area contributed by atoms with E-state index in [1.807, 2.05) is 17.7 Å². The van der Waals surface area contributed by atoms with E-state index in [-0.39, 0.29) is 17.9 Å². The Morgan fingerprint density at radius 3 is 2.69 bits per heavy atom. The molecular weight excluding hydrogens is 222 g/mol. The van der Waals surface area contributed by atoms with E-state index in [0.717, 1.165) is 5.69 Å². The van der Waals surface area contributed by atoms with Crippen LogP contribution in [0, 0.1) is 4.77 Å². The van der Waals surface area contributed by atoms with Crippen LogP contribution in [-0.2, 0) is 16.8 Å². The van der Waals surface area contributed by atoms with Crippen molar-refractivity contribution in [1.82, 2.24) is 14.9 Å². The van der Waals surface area contributed by atoms with Crippen molar-refractivity contribution in [3.05, 3.63) is 16.7 Å². The molecule has 0 spiro atoms. The van der Waals surface area contributed by atoms with Crippen molar-refractivity contribution in [3.8, 4) is 0 Å². The number of likely N-dealkylation sites (N-methyl/N-ethyl adjacent to an activating group) is 1. The number of hydrogen-bond acceptors (Lipinski definition) is 2. The molecule has 0 bridgehead atoms. The summed E-state index contributed by atoms with van der Waals surface area (Å²) in [6.07, 6.45) is 1.88. The number of hydrogen-bond donors (Lipinski definition) is 2. The normalized spacial score (nSPS) is 11.5. The Morgan fingerprint density at radius 2 is 2.19 bits per heavy atom. The van der Waals surface area contributed by atoms with Crippen molar-refractivity contribution in [2.75, 3.05) is 6.54 Å². The summed E-state index contributed by atoms with van der Waals surface area (Å²) < 4.78 is 2.44. The van der Waals surface area contributed by atoms with E-state index in [0.29, 0.717) is 11.3 Å². The maximum absolute atomic E-state index is 11.5. The van der Waals surface area contributed by atoms with Crippen LogP contribution in [0.5, 0.6) is 0 Å². The third-order valence-electron chi connectivity index (χ3n) is 2.31. The molecule has 90 valence electrons. The molecule has 1 rings (SSSR count). The molecule has 1 heterocycles. The van der Waals surface area contributed by atoms with Crippen molar-refractivity contribution in [3.63, 3.8) is 0 Å². The summed E-state index contributed by atoms with van der Waals surface area (Å²) >= 11 is 5.17. The molecule has 5 heteroatoms. The number of aromatic amines is 1. The zero-order valence-electron chi connectivity index (χ0n) is 10.3. The number of nitrogens with one attached hydrogen (secondary N) is 2. The number of imidazole rings is 1. The van der Waals surface area contributed by atoms with Gasteiger partial charge in [-0.15, -0.1) is 0 Å². The van der Waals surface area contributed by atoms with Crippen LogP contribution < -0.4 is 5.32 Å². The number of carbonyl (C=O) groups excluding carboxylic acids is 1. The number of amides is 1. The van der Waals surface area contributed by atoms with Gasteiger partial charge in [0.15, 0.2) is 4.77 Å². The van der Waals surface area contributed by atoms with E-state index in [1.165, 1.54) is 0 Å². The smallest absolute Gasteiger partial charge is 0.240 e. The molecule has 0 aliphatic rings. The highest BCUT2D eigenvalue weighted by Gasteiger charge is 2.20. The lowest BCUT2D eigenvalue weighted by molar-refractivity contribution is -0.121. The van der Waals surface area contributed by atoms with Gasteiger partial charge in [-0.3, -0.25) is 4.79 Å². The molecule has 2 N–H and O–H groups in total. The fourth-order valence-corrected chi connectivity index (χ4v) is 1.79. The Morgan fingerprint density at radius 1 is 1.56 bits per heavy atom. The van der Waals surface area contributed by atoms with Gasteiger partial charge in [-0.05, 0) is 19.1 Å². The molecule has 0 aliphatic carbocycles. The zero-order chi connectivity index (χ0) is 12.3. The van der Waals surface area contributed by atoms with Gasteiger partial charge in [0.2, 0.25) is 5.91 Å². The second kappa shape index (κ2) is 4.82. The van der Waals surface area contributed by atoms with Crippen molar-refractivity contribution in [1.29, 1.82) is 0 Å². The highest BCUT2D eigenvalue weighted by molar-refractivity contribution is 7.71. The first-order valence-corrected chi connectivity index (χ1v) is 5.82. The third-order valence-corrected chi connectivity index (χ3v) is 2.65. The number of H-pyrrole nitrogens is 1. The summed E-state index contributed by atoms with van der Waals surface area (Å²) in [7, 11) is 0. The first-order chi connectivity index (χ1) is 7.36. The summed E-state index contributed by atoms with van der Waals surface area (Å²) in [4.78, 5) is 14.5. The minimum absolute atomic E-state index is 0.0105. The van der Waals surface area contributed by atoms with Crippen LogP contribution >= 0.6 is 12.2 Å². The minimum Gasteiger partial charge on any atom is -0.355 e. The summed E-state index contributed by atoms with van der Waals surface area (Å²) in [6.45, 7) is 9.11. The largest absolute Gasteiger partial charge is 0.355 e. The van der Waals surface area contributed by atoms with Crippen LogP contribution in [0.3, 0.4) is 0 Å². The van der Waals surface area contributed by atoms with Crippen LogP contribution in [0.15, 0.2) is 6.20 Å². The SMILES string of the molecule is CCNC(=O)Cn1c(C(C)(C)C)c[nH]c1=S. The average molecular weight is 241 g/mol. The van der Waals surface area contributed by atoms with Gasteiger partial charge in [-0.1, -0.05) is 20.8 Å². The Kier molecular flexibility index (Phi) is 3.91. The molecule has 16 heavy (non-hydrogen) atoms. The van der Waals surface area contributed by atoms with Gasteiger partial charge in [0.05, 0.1) is 0 Å². The molecule has 1 aromatic heterocycles. The molecule has 0 radical (unpaired) electrons. The highest BCUT2D eigenvalue weighted by Crippen LogP contribution is 2.21. The molecule has 0 atom stereocenters. The molecule has 0 aliphatic heterocycles. The van der Waals surface area contributed by atoms with Crippen LogP contribution in [0.1, 0.15) is 33.4 Å². The molecule has 0 saturated carbocycles. The number of nitrogens with zero attached hydrogens (tertiary/aromatic N) is 1. The van der Waals surface area contributed by atoms with Crippen LogP contribution in [-0.4, -0.2) is 22.0 Å². The minimum atomic E-state index is -0.0277. The fraction of sp³-hybridized carbons (Fsp3) is 0.636. The first kappa shape index (κ1) is 13.0.